The fourth-order valence-corrected chi connectivity index (χ4v) is 1.33. The van der Waals surface area contributed by atoms with Crippen LogP contribution < -0.4 is 0 Å². The Morgan fingerprint density at radius 2 is 1.87 bits per heavy atom. The highest BCUT2D eigenvalue weighted by Gasteiger charge is 2.57. The van der Waals surface area contributed by atoms with Crippen molar-refractivity contribution in [1.82, 2.24) is 0 Å². The van der Waals surface area contributed by atoms with Gasteiger partial charge < -0.3 is 35.0 Å². The number of methoxy groups -OCH3 is 1. The predicted molar refractivity (Wildman–Crippen MR) is 42.5 cm³/mol. The van der Waals surface area contributed by atoms with E-state index in [2.05, 4.69) is 9.47 Å². The number of hydrogen-bond donors (Lipinski definition) is 5. The molecule has 15 heavy (non-hydrogen) atoms. The third-order valence-corrected chi connectivity index (χ3v) is 2.26. The minimum Gasteiger partial charge on any atom is -0.479 e. The predicted octanol–water partition coefficient (Wildman–Crippen LogP) is -3.15. The molecule has 5 atom stereocenters. The second kappa shape index (κ2) is 4.00. The molecular formula is C7H12O8. The van der Waals surface area contributed by atoms with Crippen molar-refractivity contribution in [2.24, 2.45) is 0 Å². The SMILES string of the molecule is CO[C@]1(O)[C@H](O)[C@@H](C(=O)O)O[C@@H](O)[C@@H]1O. The highest BCUT2D eigenvalue weighted by atomic mass is 16.7. The number of hydrogen-bond acceptors (Lipinski definition) is 7. The molecule has 0 radical (unpaired) electrons. The molecule has 8 nitrogen and oxygen atoms in total. The highest BCUT2D eigenvalue weighted by molar-refractivity contribution is 5.73. The number of aliphatic hydroxyl groups is 4. The maximum Gasteiger partial charge on any atom is 0.335 e. The number of carboxylic acid groups (broad SMARTS) is 1. The smallest absolute Gasteiger partial charge is 0.335 e. The van der Waals surface area contributed by atoms with Crippen LogP contribution in [0.1, 0.15) is 0 Å². The summed E-state index contributed by atoms with van der Waals surface area (Å²) in [5.74, 6) is -4.18. The molecular weight excluding hydrogens is 212 g/mol. The maximum atomic E-state index is 10.6. The number of aliphatic carboxylic acids is 1. The van der Waals surface area contributed by atoms with Gasteiger partial charge in [0.1, 0.15) is 6.10 Å². The second-order valence-corrected chi connectivity index (χ2v) is 3.13. The van der Waals surface area contributed by atoms with E-state index in [1.54, 1.807) is 0 Å². The fraction of sp³-hybridized carbons (Fsp3) is 0.857. The first-order valence-corrected chi connectivity index (χ1v) is 4.04. The van der Waals surface area contributed by atoms with Gasteiger partial charge in [0, 0.05) is 7.11 Å². The van der Waals surface area contributed by atoms with E-state index in [1.165, 1.54) is 0 Å². The van der Waals surface area contributed by atoms with Crippen molar-refractivity contribution in [1.29, 1.82) is 0 Å². The van der Waals surface area contributed by atoms with Gasteiger partial charge in [-0.05, 0) is 0 Å². The summed E-state index contributed by atoms with van der Waals surface area (Å²) >= 11 is 0. The number of carbonyl (C=O) groups is 1. The molecule has 0 aliphatic carbocycles. The van der Waals surface area contributed by atoms with Crippen LogP contribution in [-0.4, -0.2) is 69.0 Å². The molecule has 1 aliphatic heterocycles. The van der Waals surface area contributed by atoms with Crippen LogP contribution in [0, 0.1) is 0 Å². The first-order chi connectivity index (χ1) is 6.84. The third-order valence-electron chi connectivity index (χ3n) is 2.26. The molecule has 5 N–H and O–H groups in total. The minimum absolute atomic E-state index is 0.948. The van der Waals surface area contributed by atoms with Gasteiger partial charge in [0.05, 0.1) is 0 Å². The number of rotatable bonds is 2. The Morgan fingerprint density at radius 3 is 2.27 bits per heavy atom. The molecule has 8 heteroatoms. The van der Waals surface area contributed by atoms with Crippen molar-refractivity contribution in [2.45, 2.75) is 30.4 Å². The standard InChI is InChI=1S/C7H12O8/c1-14-7(13)3(8)2(5(10)11)15-6(12)4(7)9/h2-4,6,8-9,12-13H,1H3,(H,10,11)/t2-,3+,4-,6+,7+/m0/s1. The van der Waals surface area contributed by atoms with E-state index in [0.29, 0.717) is 0 Å². The molecule has 0 amide bonds. The van der Waals surface area contributed by atoms with Crippen molar-refractivity contribution < 1.29 is 39.8 Å². The van der Waals surface area contributed by atoms with E-state index in [-0.39, 0.29) is 0 Å². The van der Waals surface area contributed by atoms with Gasteiger partial charge >= 0.3 is 5.97 Å². The van der Waals surface area contributed by atoms with Gasteiger partial charge in [-0.25, -0.2) is 4.79 Å². The normalized spacial score (nSPS) is 46.5. The van der Waals surface area contributed by atoms with Gasteiger partial charge in [0.15, 0.2) is 18.5 Å². The van der Waals surface area contributed by atoms with E-state index < -0.39 is 36.4 Å². The summed E-state index contributed by atoms with van der Waals surface area (Å²) in [7, 11) is 0.948. The number of carboxylic acids is 1. The second-order valence-electron chi connectivity index (χ2n) is 3.13. The first-order valence-electron chi connectivity index (χ1n) is 4.04. The van der Waals surface area contributed by atoms with Gasteiger partial charge in [0.2, 0.25) is 5.79 Å². The van der Waals surface area contributed by atoms with Gasteiger partial charge in [-0.1, -0.05) is 0 Å². The van der Waals surface area contributed by atoms with Crippen LogP contribution in [-0.2, 0) is 14.3 Å². The molecule has 0 unspecified atom stereocenters. The topological polar surface area (TPSA) is 137 Å². The van der Waals surface area contributed by atoms with E-state index in [9.17, 15) is 20.1 Å². The molecule has 88 valence electrons. The number of ether oxygens (including phenoxy) is 2. The Hall–Kier alpha value is -0.770. The van der Waals surface area contributed by atoms with Crippen LogP contribution in [0.25, 0.3) is 0 Å². The maximum absolute atomic E-state index is 10.6. The summed E-state index contributed by atoms with van der Waals surface area (Å²) in [5, 5.41) is 45.9. The van der Waals surface area contributed by atoms with Crippen molar-refractivity contribution in [2.75, 3.05) is 7.11 Å². The molecule has 0 aromatic carbocycles. The molecule has 0 aromatic heterocycles. The summed E-state index contributed by atoms with van der Waals surface area (Å²) in [6.07, 6.45) is -7.82. The summed E-state index contributed by atoms with van der Waals surface area (Å²) in [6, 6.07) is 0. The van der Waals surface area contributed by atoms with Crippen LogP contribution >= 0.6 is 0 Å². The molecule has 1 fully saturated rings. The minimum atomic E-state index is -2.58. The van der Waals surface area contributed by atoms with Gasteiger partial charge in [-0.15, -0.1) is 0 Å². The van der Waals surface area contributed by atoms with Crippen LogP contribution in [0.2, 0.25) is 0 Å². The van der Waals surface area contributed by atoms with Crippen molar-refractivity contribution in [3.05, 3.63) is 0 Å². The molecule has 0 spiro atoms. The summed E-state index contributed by atoms with van der Waals surface area (Å²) < 4.78 is 8.79. The molecule has 0 saturated carbocycles. The Kier molecular flexibility index (Phi) is 3.28. The fourth-order valence-electron chi connectivity index (χ4n) is 1.33. The van der Waals surface area contributed by atoms with E-state index in [1.807, 2.05) is 0 Å². The molecule has 1 rings (SSSR count). The van der Waals surface area contributed by atoms with E-state index in [4.69, 9.17) is 10.2 Å². The lowest BCUT2D eigenvalue weighted by Crippen LogP contribution is -2.68. The summed E-state index contributed by atoms with van der Waals surface area (Å²) in [5.41, 5.74) is 0. The summed E-state index contributed by atoms with van der Waals surface area (Å²) in [6.45, 7) is 0. The van der Waals surface area contributed by atoms with E-state index >= 15 is 0 Å². The molecule has 1 saturated heterocycles. The van der Waals surface area contributed by atoms with Gasteiger partial charge in [-0.2, -0.15) is 0 Å². The third kappa shape index (κ3) is 1.83. The molecule has 0 aromatic rings. The van der Waals surface area contributed by atoms with E-state index in [0.717, 1.165) is 7.11 Å². The quantitative estimate of drug-likeness (QED) is 0.310. The Balaban J connectivity index is 2.99. The lowest BCUT2D eigenvalue weighted by atomic mass is 9.94. The van der Waals surface area contributed by atoms with Crippen LogP contribution in [0.3, 0.4) is 0 Å². The first kappa shape index (κ1) is 12.3. The Morgan fingerprint density at radius 1 is 1.33 bits per heavy atom. The Labute approximate surface area is 84.3 Å². The van der Waals surface area contributed by atoms with Crippen molar-refractivity contribution in [3.63, 3.8) is 0 Å². The molecule has 0 bridgehead atoms. The molecule has 1 heterocycles. The van der Waals surface area contributed by atoms with Crippen LogP contribution in [0.5, 0.6) is 0 Å². The Bertz CT molecular complexity index is 255. The largest absolute Gasteiger partial charge is 0.479 e. The zero-order chi connectivity index (χ0) is 11.8. The van der Waals surface area contributed by atoms with Crippen molar-refractivity contribution in [3.8, 4) is 0 Å². The van der Waals surface area contributed by atoms with Gasteiger partial charge in [-0.3, -0.25) is 0 Å². The van der Waals surface area contributed by atoms with Crippen molar-refractivity contribution >= 4 is 5.97 Å². The average Bonchev–Trinajstić information content (AvgIpc) is 2.20. The monoisotopic (exact) mass is 224 g/mol. The number of aliphatic hydroxyl groups excluding tert-OH is 3. The van der Waals surface area contributed by atoms with Crippen LogP contribution in [0.15, 0.2) is 0 Å². The lowest BCUT2D eigenvalue weighted by Gasteiger charge is -2.43. The lowest BCUT2D eigenvalue weighted by molar-refractivity contribution is -0.381. The average molecular weight is 224 g/mol. The molecule has 1 aliphatic rings. The van der Waals surface area contributed by atoms with Gasteiger partial charge in [0.25, 0.3) is 0 Å². The zero-order valence-electron chi connectivity index (χ0n) is 7.77. The highest BCUT2D eigenvalue weighted by Crippen LogP contribution is 2.29. The van der Waals surface area contributed by atoms with Crippen LogP contribution in [0.4, 0.5) is 0 Å². The zero-order valence-corrected chi connectivity index (χ0v) is 7.77. The summed E-state index contributed by atoms with van der Waals surface area (Å²) in [4.78, 5) is 10.6.